The number of ether oxygens (including phenoxy) is 2. The number of esters is 1. The highest BCUT2D eigenvalue weighted by atomic mass is 35.5. The van der Waals surface area contributed by atoms with Crippen LogP contribution in [-0.2, 0) is 15.7 Å². The lowest BCUT2D eigenvalue weighted by molar-refractivity contribution is -0.385. The van der Waals surface area contributed by atoms with Crippen LogP contribution in [0.3, 0.4) is 0 Å². The van der Waals surface area contributed by atoms with Crippen LogP contribution in [-0.4, -0.2) is 23.9 Å². The maximum atomic E-state index is 12.9. The molecule has 38 heavy (non-hydrogen) atoms. The maximum absolute atomic E-state index is 12.9. The third kappa shape index (κ3) is 6.65. The van der Waals surface area contributed by atoms with Crippen LogP contribution in [0.4, 0.5) is 24.5 Å². The topological polar surface area (TPSA) is 132 Å². The van der Waals surface area contributed by atoms with Crippen molar-refractivity contribution in [2.45, 2.75) is 6.18 Å². The molecule has 1 N–H and O–H groups in total. The number of nitriles is 1. The molecule has 0 aromatic heterocycles. The maximum Gasteiger partial charge on any atom is 0.416 e. The number of methoxy groups -OCH3 is 1. The van der Waals surface area contributed by atoms with Gasteiger partial charge in [-0.2, -0.15) is 18.4 Å². The summed E-state index contributed by atoms with van der Waals surface area (Å²) in [5.41, 5.74) is -1.57. The molecule has 13 heteroatoms. The molecule has 0 unspecified atom stereocenters. The number of nitrogens with one attached hydrogen (secondary N) is 1. The van der Waals surface area contributed by atoms with Crippen molar-refractivity contribution in [1.29, 1.82) is 5.26 Å². The molecule has 3 aromatic carbocycles. The van der Waals surface area contributed by atoms with E-state index in [4.69, 9.17) is 16.3 Å². The number of halogens is 4. The summed E-state index contributed by atoms with van der Waals surface area (Å²) >= 11 is 6.18. The van der Waals surface area contributed by atoms with Crippen LogP contribution in [0.2, 0.25) is 5.02 Å². The minimum absolute atomic E-state index is 0.0935. The summed E-state index contributed by atoms with van der Waals surface area (Å²) in [7, 11) is 1.23. The first-order chi connectivity index (χ1) is 17.9. The van der Waals surface area contributed by atoms with E-state index >= 15 is 0 Å². The molecule has 0 fully saturated rings. The second-order valence-corrected chi connectivity index (χ2v) is 7.83. The molecule has 3 rings (SSSR count). The number of alkyl halides is 3. The lowest BCUT2D eigenvalue weighted by atomic mass is 10.1. The van der Waals surface area contributed by atoms with Crippen LogP contribution in [0.1, 0.15) is 21.5 Å². The van der Waals surface area contributed by atoms with E-state index in [1.54, 1.807) is 6.07 Å². The molecule has 0 saturated heterocycles. The summed E-state index contributed by atoms with van der Waals surface area (Å²) in [4.78, 5) is 34.3. The molecule has 0 radical (unpaired) electrons. The number of benzene rings is 3. The Morgan fingerprint density at radius 2 is 1.74 bits per heavy atom. The Bertz CT molecular complexity index is 1480. The van der Waals surface area contributed by atoms with Gasteiger partial charge in [0.2, 0.25) is 5.75 Å². The van der Waals surface area contributed by atoms with Gasteiger partial charge in [-0.25, -0.2) is 4.79 Å². The van der Waals surface area contributed by atoms with E-state index in [1.165, 1.54) is 55.7 Å². The second-order valence-electron chi connectivity index (χ2n) is 7.42. The molecule has 0 saturated carbocycles. The van der Waals surface area contributed by atoms with Crippen molar-refractivity contribution in [2.24, 2.45) is 0 Å². The lowest BCUT2D eigenvalue weighted by Crippen LogP contribution is -2.13. The van der Waals surface area contributed by atoms with Gasteiger partial charge in [-0.1, -0.05) is 17.7 Å². The van der Waals surface area contributed by atoms with E-state index in [0.717, 1.165) is 6.07 Å². The van der Waals surface area contributed by atoms with Crippen molar-refractivity contribution >= 4 is 40.9 Å². The first-order valence-electron chi connectivity index (χ1n) is 10.4. The van der Waals surface area contributed by atoms with Gasteiger partial charge < -0.3 is 14.8 Å². The van der Waals surface area contributed by atoms with E-state index in [-0.39, 0.29) is 27.5 Å². The van der Waals surface area contributed by atoms with E-state index in [9.17, 15) is 38.1 Å². The number of nitro groups is 1. The number of hydrogen-bond acceptors (Lipinski definition) is 7. The fourth-order valence-electron chi connectivity index (χ4n) is 3.05. The smallest absolute Gasteiger partial charge is 0.416 e. The summed E-state index contributed by atoms with van der Waals surface area (Å²) in [6.45, 7) is 0. The van der Waals surface area contributed by atoms with Crippen molar-refractivity contribution in [3.8, 4) is 17.6 Å². The van der Waals surface area contributed by atoms with E-state index in [1.807, 2.05) is 0 Å². The molecule has 194 valence electrons. The van der Waals surface area contributed by atoms with Crippen molar-refractivity contribution in [2.75, 3.05) is 12.4 Å². The molecule has 0 aliphatic rings. The number of hydrogen-bond donors (Lipinski definition) is 1. The first-order valence-corrected chi connectivity index (χ1v) is 10.7. The molecule has 0 spiro atoms. The van der Waals surface area contributed by atoms with Gasteiger partial charge in [0, 0.05) is 11.8 Å². The average molecular weight is 546 g/mol. The number of amides is 1. The third-order valence-electron chi connectivity index (χ3n) is 4.90. The van der Waals surface area contributed by atoms with E-state index < -0.39 is 40.0 Å². The number of carbonyl (C=O) groups excluding carboxylic acids is 2. The quantitative estimate of drug-likeness (QED) is 0.120. The Kier molecular flexibility index (Phi) is 8.34. The molecule has 1 amide bonds. The Hall–Kier alpha value is -4.89. The number of rotatable bonds is 7. The minimum atomic E-state index is -4.79. The van der Waals surface area contributed by atoms with Crippen molar-refractivity contribution in [3.05, 3.63) is 98.1 Å². The highest BCUT2D eigenvalue weighted by Gasteiger charge is 2.33. The Morgan fingerprint density at radius 3 is 2.29 bits per heavy atom. The van der Waals surface area contributed by atoms with E-state index in [0.29, 0.717) is 17.8 Å². The normalized spacial score (nSPS) is 11.3. The number of carbonyl (C=O) groups is 2. The molecule has 0 aliphatic heterocycles. The highest BCUT2D eigenvalue weighted by molar-refractivity contribution is 6.32. The SMILES string of the molecule is COC(=O)c1ccc(NC(=O)/C(C#N)=C/c2ccc(Oc3ccc(C(F)(F)F)cc3[N+](=O)[O-])c(Cl)c2)cc1. The molecule has 0 atom stereocenters. The standard InChI is InChI=1S/C25H15ClF3N3O6/c1-37-24(34)15-3-6-18(7-4-15)31-23(33)16(13-30)10-14-2-8-21(19(26)11-14)38-22-9-5-17(25(27,28)29)12-20(22)32(35)36/h2-12H,1H3,(H,31,33)/b16-10+. The highest BCUT2D eigenvalue weighted by Crippen LogP contribution is 2.39. The molecule has 0 aliphatic carbocycles. The predicted molar refractivity (Wildman–Crippen MR) is 130 cm³/mol. The zero-order chi connectivity index (χ0) is 28.0. The molecule has 9 nitrogen and oxygen atoms in total. The largest absolute Gasteiger partial charge is 0.465 e. The summed E-state index contributed by atoms with van der Waals surface area (Å²) in [6.07, 6.45) is -3.57. The molecular weight excluding hydrogens is 531 g/mol. The zero-order valence-electron chi connectivity index (χ0n) is 19.2. The molecule has 3 aromatic rings. The number of nitro benzene ring substituents is 1. The second kappa shape index (κ2) is 11.4. The van der Waals surface area contributed by atoms with Crippen molar-refractivity contribution in [3.63, 3.8) is 0 Å². The van der Waals surface area contributed by atoms with Crippen LogP contribution in [0.15, 0.2) is 66.2 Å². The van der Waals surface area contributed by atoms with Gasteiger partial charge in [0.25, 0.3) is 5.91 Å². The van der Waals surface area contributed by atoms with Crippen LogP contribution in [0.25, 0.3) is 6.08 Å². The van der Waals surface area contributed by atoms with Gasteiger partial charge in [0.05, 0.1) is 28.2 Å². The van der Waals surface area contributed by atoms with Gasteiger partial charge in [-0.3, -0.25) is 14.9 Å². The van der Waals surface area contributed by atoms with E-state index in [2.05, 4.69) is 10.1 Å². The fourth-order valence-corrected chi connectivity index (χ4v) is 3.28. The first kappa shape index (κ1) is 27.7. The average Bonchev–Trinajstić information content (AvgIpc) is 2.88. The van der Waals surface area contributed by atoms with Gasteiger partial charge in [-0.05, 0) is 60.2 Å². The van der Waals surface area contributed by atoms with Gasteiger partial charge >= 0.3 is 17.8 Å². The van der Waals surface area contributed by atoms with Crippen LogP contribution < -0.4 is 10.1 Å². The summed E-state index contributed by atoms with van der Waals surface area (Å²) in [6, 6.07) is 13.2. The van der Waals surface area contributed by atoms with Crippen LogP contribution in [0, 0.1) is 21.4 Å². The minimum Gasteiger partial charge on any atom is -0.465 e. The molecule has 0 bridgehead atoms. The Morgan fingerprint density at radius 1 is 1.08 bits per heavy atom. The van der Waals surface area contributed by atoms with Crippen LogP contribution in [0.5, 0.6) is 11.5 Å². The lowest BCUT2D eigenvalue weighted by Gasteiger charge is -2.11. The fraction of sp³-hybridized carbons (Fsp3) is 0.0800. The number of anilines is 1. The monoisotopic (exact) mass is 545 g/mol. The number of nitrogens with zero attached hydrogens (tertiary/aromatic N) is 2. The predicted octanol–water partition coefficient (Wildman–Crippen LogP) is 6.39. The van der Waals surface area contributed by atoms with Gasteiger partial charge in [0.1, 0.15) is 17.4 Å². The Labute approximate surface area is 217 Å². The van der Waals surface area contributed by atoms with Gasteiger partial charge in [0.15, 0.2) is 0 Å². The van der Waals surface area contributed by atoms with Crippen molar-refractivity contribution in [1.82, 2.24) is 0 Å². The Balaban J connectivity index is 1.80. The summed E-state index contributed by atoms with van der Waals surface area (Å²) < 4.78 is 48.7. The van der Waals surface area contributed by atoms with Crippen molar-refractivity contribution < 1.29 is 37.2 Å². The third-order valence-corrected chi connectivity index (χ3v) is 5.19. The zero-order valence-corrected chi connectivity index (χ0v) is 20.0. The molecular formula is C25H15ClF3N3O6. The molecule has 0 heterocycles. The summed E-state index contributed by atoms with van der Waals surface area (Å²) in [5, 5.41) is 23.1. The van der Waals surface area contributed by atoms with Crippen LogP contribution >= 0.6 is 11.6 Å². The summed E-state index contributed by atoms with van der Waals surface area (Å²) in [5.74, 6) is -1.89. The van der Waals surface area contributed by atoms with Gasteiger partial charge in [-0.15, -0.1) is 0 Å².